The van der Waals surface area contributed by atoms with Crippen molar-refractivity contribution in [2.24, 2.45) is 0 Å². The second-order valence-corrected chi connectivity index (χ2v) is 14.4. The number of aromatic nitrogens is 1. The minimum absolute atomic E-state index is 1.10. The van der Waals surface area contributed by atoms with Gasteiger partial charge < -0.3 is 9.47 Å². The lowest BCUT2D eigenvalue weighted by Crippen LogP contribution is -2.11. The van der Waals surface area contributed by atoms with E-state index in [2.05, 4.69) is 204 Å². The third kappa shape index (κ3) is 4.81. The van der Waals surface area contributed by atoms with E-state index in [4.69, 9.17) is 0 Å². The predicted molar refractivity (Wildman–Crippen MR) is 231 cm³/mol. The molecule has 0 N–H and O–H groups in total. The van der Waals surface area contributed by atoms with E-state index >= 15 is 0 Å². The van der Waals surface area contributed by atoms with Gasteiger partial charge in [0.2, 0.25) is 0 Å². The summed E-state index contributed by atoms with van der Waals surface area (Å²) in [6.45, 7) is 0. The van der Waals surface area contributed by atoms with Crippen LogP contribution >= 0.6 is 0 Å². The molecule has 0 unspecified atom stereocenters. The fraction of sp³-hybridized carbons (Fsp3) is 0.0385. The van der Waals surface area contributed by atoms with E-state index in [0.29, 0.717) is 0 Å². The summed E-state index contributed by atoms with van der Waals surface area (Å²) in [5, 5.41) is 10.1. The molecule has 9 aromatic carbocycles. The van der Waals surface area contributed by atoms with Crippen molar-refractivity contribution in [1.29, 1.82) is 0 Å². The number of hydrogen-bond donors (Lipinski definition) is 0. The number of allylic oxidation sites excluding steroid dienone is 1. The zero-order valence-electron chi connectivity index (χ0n) is 29.8. The summed E-state index contributed by atoms with van der Waals surface area (Å²) in [6, 6.07) is 67.0. The lowest BCUT2D eigenvalue weighted by atomic mass is 9.92. The molecule has 1 aromatic heterocycles. The van der Waals surface area contributed by atoms with Crippen LogP contribution in [0.5, 0.6) is 0 Å². The van der Waals surface area contributed by atoms with Crippen molar-refractivity contribution >= 4 is 77.3 Å². The Balaban J connectivity index is 1.16. The lowest BCUT2D eigenvalue weighted by molar-refractivity contribution is 0.990. The van der Waals surface area contributed by atoms with Crippen molar-refractivity contribution in [2.45, 2.75) is 12.8 Å². The monoisotopic (exact) mass is 688 g/mol. The van der Waals surface area contributed by atoms with E-state index in [1.807, 2.05) is 0 Å². The van der Waals surface area contributed by atoms with Crippen molar-refractivity contribution in [3.8, 4) is 16.8 Å². The number of nitrogens with zero attached hydrogens (tertiary/aromatic N) is 2. The fourth-order valence-electron chi connectivity index (χ4n) is 8.95. The molecule has 254 valence electrons. The Kier molecular flexibility index (Phi) is 7.03. The SMILES string of the molecule is C1=Cc2c(ccc3cc(N(c4cccc(-c5cccc6c5c5ccccc5n6-c5ccccc5)c4)c4cc5ccccc5c5ccccc45)ccc23)CC1. The maximum Gasteiger partial charge on any atom is 0.0547 e. The highest BCUT2D eigenvalue weighted by molar-refractivity contribution is 6.17. The summed E-state index contributed by atoms with van der Waals surface area (Å²) in [5.74, 6) is 0. The van der Waals surface area contributed by atoms with E-state index in [0.717, 1.165) is 35.6 Å². The molecule has 2 nitrogen and oxygen atoms in total. The number of benzene rings is 9. The van der Waals surface area contributed by atoms with Gasteiger partial charge in [0.15, 0.2) is 0 Å². The minimum Gasteiger partial charge on any atom is -0.310 e. The van der Waals surface area contributed by atoms with Crippen LogP contribution in [0.15, 0.2) is 188 Å². The maximum absolute atomic E-state index is 2.47. The zero-order chi connectivity index (χ0) is 35.6. The van der Waals surface area contributed by atoms with Crippen LogP contribution in [0.25, 0.3) is 77.0 Å². The van der Waals surface area contributed by atoms with Crippen LogP contribution in [-0.2, 0) is 6.42 Å². The third-order valence-electron chi connectivity index (χ3n) is 11.4. The summed E-state index contributed by atoms with van der Waals surface area (Å²) in [6.07, 6.45) is 6.83. The van der Waals surface area contributed by atoms with Crippen molar-refractivity contribution in [2.75, 3.05) is 4.90 Å². The van der Waals surface area contributed by atoms with Gasteiger partial charge in [0.05, 0.1) is 16.7 Å². The quantitative estimate of drug-likeness (QED) is 0.163. The van der Waals surface area contributed by atoms with Crippen LogP contribution < -0.4 is 4.90 Å². The van der Waals surface area contributed by atoms with E-state index in [9.17, 15) is 0 Å². The molecule has 0 atom stereocenters. The molecule has 54 heavy (non-hydrogen) atoms. The summed E-state index contributed by atoms with van der Waals surface area (Å²) < 4.78 is 2.40. The smallest absolute Gasteiger partial charge is 0.0547 e. The van der Waals surface area contributed by atoms with Crippen molar-refractivity contribution < 1.29 is 0 Å². The third-order valence-corrected chi connectivity index (χ3v) is 11.4. The molecule has 10 aromatic rings. The van der Waals surface area contributed by atoms with Gasteiger partial charge in [-0.25, -0.2) is 0 Å². The molecule has 0 saturated heterocycles. The standard InChI is InChI=1S/C52H36N2/c1-2-17-39(18-3-1)54-49-26-11-10-24-48(49)52-45(25-13-27-50(52)54)36-16-12-19-40(32-36)53(41-30-31-44-38(33-41)29-28-35-14-4-6-20-42(35)44)51-34-37-15-5-7-21-43(37)46-22-8-9-23-47(46)51/h1-3,5-13,15-34H,4,14H2. The summed E-state index contributed by atoms with van der Waals surface area (Å²) in [4.78, 5) is 2.47. The van der Waals surface area contributed by atoms with Gasteiger partial charge in [0.25, 0.3) is 0 Å². The first-order valence-electron chi connectivity index (χ1n) is 18.9. The Morgan fingerprint density at radius 2 is 1.19 bits per heavy atom. The van der Waals surface area contributed by atoms with Crippen LogP contribution in [0, 0.1) is 0 Å². The second-order valence-electron chi connectivity index (χ2n) is 14.4. The van der Waals surface area contributed by atoms with Crippen molar-refractivity contribution in [3.05, 3.63) is 199 Å². The highest BCUT2D eigenvalue weighted by Gasteiger charge is 2.21. The molecule has 0 aliphatic heterocycles. The number of rotatable bonds is 5. The van der Waals surface area contributed by atoms with E-state index in [-0.39, 0.29) is 0 Å². The van der Waals surface area contributed by atoms with E-state index in [1.165, 1.54) is 76.4 Å². The van der Waals surface area contributed by atoms with E-state index < -0.39 is 0 Å². The van der Waals surface area contributed by atoms with Crippen LogP contribution in [0.3, 0.4) is 0 Å². The zero-order valence-corrected chi connectivity index (χ0v) is 29.8. The highest BCUT2D eigenvalue weighted by atomic mass is 15.1. The maximum atomic E-state index is 2.47. The van der Waals surface area contributed by atoms with Gasteiger partial charge in [0.1, 0.15) is 0 Å². The number of fused-ring (bicyclic) bond motifs is 9. The van der Waals surface area contributed by atoms with Gasteiger partial charge in [-0.1, -0.05) is 140 Å². The summed E-state index contributed by atoms with van der Waals surface area (Å²) >= 11 is 0. The number of aryl methyl sites for hydroxylation is 1. The molecule has 0 radical (unpaired) electrons. The molecule has 0 spiro atoms. The molecule has 0 bridgehead atoms. The molecule has 1 aliphatic carbocycles. The van der Waals surface area contributed by atoms with Crippen LogP contribution in [0.4, 0.5) is 17.1 Å². The first-order chi connectivity index (χ1) is 26.8. The molecular weight excluding hydrogens is 653 g/mol. The van der Waals surface area contributed by atoms with E-state index in [1.54, 1.807) is 0 Å². The molecule has 0 fully saturated rings. The van der Waals surface area contributed by atoms with Crippen LogP contribution in [0.1, 0.15) is 17.5 Å². The number of para-hydroxylation sites is 2. The Morgan fingerprint density at radius 3 is 2.09 bits per heavy atom. The first-order valence-corrected chi connectivity index (χ1v) is 18.9. The van der Waals surface area contributed by atoms with Gasteiger partial charge >= 0.3 is 0 Å². The lowest BCUT2D eigenvalue weighted by Gasteiger charge is -2.28. The topological polar surface area (TPSA) is 8.17 Å². The molecule has 0 saturated carbocycles. The van der Waals surface area contributed by atoms with Gasteiger partial charge in [-0.05, 0) is 117 Å². The highest BCUT2D eigenvalue weighted by Crippen LogP contribution is 2.45. The average Bonchev–Trinajstić information content (AvgIpc) is 3.59. The molecular formula is C52H36N2. The van der Waals surface area contributed by atoms with Gasteiger partial charge in [0, 0.05) is 33.2 Å². The Morgan fingerprint density at radius 1 is 0.463 bits per heavy atom. The normalized spacial score (nSPS) is 12.6. The van der Waals surface area contributed by atoms with Crippen molar-refractivity contribution in [1.82, 2.24) is 4.57 Å². The molecule has 1 aliphatic rings. The molecule has 11 rings (SSSR count). The molecule has 0 amide bonds. The minimum atomic E-state index is 1.10. The summed E-state index contributed by atoms with van der Waals surface area (Å²) in [7, 11) is 0. The molecule has 1 heterocycles. The fourth-order valence-corrected chi connectivity index (χ4v) is 8.95. The predicted octanol–water partition coefficient (Wildman–Crippen LogP) is 14.3. The Labute approximate surface area is 314 Å². The van der Waals surface area contributed by atoms with Gasteiger partial charge in [-0.3, -0.25) is 0 Å². The van der Waals surface area contributed by atoms with Crippen LogP contribution in [0.2, 0.25) is 0 Å². The summed E-state index contributed by atoms with van der Waals surface area (Å²) in [5.41, 5.74) is 12.2. The Bertz CT molecular complexity index is 3110. The molecule has 2 heteroatoms. The average molecular weight is 689 g/mol. The number of hydrogen-bond acceptors (Lipinski definition) is 1. The number of anilines is 3. The second kappa shape index (κ2) is 12.4. The van der Waals surface area contributed by atoms with Crippen LogP contribution in [-0.4, -0.2) is 4.57 Å². The van der Waals surface area contributed by atoms with Crippen molar-refractivity contribution in [3.63, 3.8) is 0 Å². The largest absolute Gasteiger partial charge is 0.310 e. The van der Waals surface area contributed by atoms with Gasteiger partial charge in [-0.2, -0.15) is 0 Å². The first kappa shape index (κ1) is 30.7. The van der Waals surface area contributed by atoms with Gasteiger partial charge in [-0.15, -0.1) is 0 Å². The Hall–Kier alpha value is -6.90.